The van der Waals surface area contributed by atoms with Crippen LogP contribution in [0.5, 0.6) is 0 Å². The van der Waals surface area contributed by atoms with Crippen LogP contribution in [0.4, 0.5) is 0 Å². The van der Waals surface area contributed by atoms with Crippen LogP contribution in [-0.4, -0.2) is 70.0 Å². The number of carbonyl (C=O) groups excluding carboxylic acids is 2. The summed E-state index contributed by atoms with van der Waals surface area (Å²) in [6.07, 6.45) is 1.15. The summed E-state index contributed by atoms with van der Waals surface area (Å²) >= 11 is 0. The largest absolute Gasteiger partial charge is 0.355 e. The van der Waals surface area contributed by atoms with E-state index in [0.717, 1.165) is 24.0 Å². The third kappa shape index (κ3) is 4.87. The van der Waals surface area contributed by atoms with Gasteiger partial charge >= 0.3 is 5.69 Å². The van der Waals surface area contributed by atoms with Gasteiger partial charge < -0.3 is 10.2 Å². The lowest BCUT2D eigenvalue weighted by Gasteiger charge is -2.21. The smallest absolute Gasteiger partial charge is 0.329 e. The van der Waals surface area contributed by atoms with Crippen LogP contribution in [0.15, 0.2) is 29.1 Å². The topological polar surface area (TPSA) is 79.6 Å². The Morgan fingerprint density at radius 3 is 2.41 bits per heavy atom. The van der Waals surface area contributed by atoms with E-state index in [9.17, 15) is 14.4 Å². The number of likely N-dealkylation sites (N-methyl/N-ethyl adjacent to an activating group) is 1. The maximum absolute atomic E-state index is 12.8. The number of imidazole rings is 1. The third-order valence-electron chi connectivity index (χ3n) is 5.47. The first kappa shape index (κ1) is 21.1. The maximum Gasteiger partial charge on any atom is 0.329 e. The molecule has 0 unspecified atom stereocenters. The van der Waals surface area contributed by atoms with Gasteiger partial charge in [-0.2, -0.15) is 0 Å². The molecular formula is C21H31N5O3. The van der Waals surface area contributed by atoms with Crippen LogP contribution in [0.1, 0.15) is 26.7 Å². The van der Waals surface area contributed by atoms with Crippen molar-refractivity contribution in [3.8, 4) is 0 Å². The Hall–Kier alpha value is -2.61. The number of hydrogen-bond donors (Lipinski definition) is 1. The monoisotopic (exact) mass is 401 g/mol. The molecule has 2 aromatic rings. The van der Waals surface area contributed by atoms with E-state index in [1.807, 2.05) is 43.0 Å². The van der Waals surface area contributed by atoms with Gasteiger partial charge in [-0.1, -0.05) is 12.1 Å². The fraction of sp³-hybridized carbons (Fsp3) is 0.571. The van der Waals surface area contributed by atoms with Gasteiger partial charge in [0, 0.05) is 52.2 Å². The molecule has 2 heterocycles. The van der Waals surface area contributed by atoms with Gasteiger partial charge in [-0.15, -0.1) is 0 Å². The quantitative estimate of drug-likeness (QED) is 0.747. The first-order valence-corrected chi connectivity index (χ1v) is 10.5. The summed E-state index contributed by atoms with van der Waals surface area (Å²) in [6, 6.07) is 7.71. The molecule has 8 nitrogen and oxygen atoms in total. The number of para-hydroxylation sites is 2. The number of carbonyl (C=O) groups is 2. The van der Waals surface area contributed by atoms with Gasteiger partial charge in [0.05, 0.1) is 17.6 Å². The second-order valence-corrected chi connectivity index (χ2v) is 7.38. The van der Waals surface area contributed by atoms with Crippen molar-refractivity contribution in [3.63, 3.8) is 0 Å². The molecular weight excluding hydrogens is 370 g/mol. The van der Waals surface area contributed by atoms with Gasteiger partial charge in [-0.25, -0.2) is 4.79 Å². The Bertz CT molecular complexity index is 917. The van der Waals surface area contributed by atoms with E-state index < -0.39 is 0 Å². The van der Waals surface area contributed by atoms with Crippen LogP contribution in [0.2, 0.25) is 0 Å². The second-order valence-electron chi connectivity index (χ2n) is 7.38. The molecule has 1 aliphatic rings. The van der Waals surface area contributed by atoms with Crippen molar-refractivity contribution >= 4 is 22.8 Å². The minimum absolute atomic E-state index is 0.0268. The molecule has 0 bridgehead atoms. The molecule has 0 saturated carbocycles. The van der Waals surface area contributed by atoms with E-state index in [4.69, 9.17) is 0 Å². The van der Waals surface area contributed by atoms with E-state index in [1.54, 1.807) is 9.13 Å². The first-order chi connectivity index (χ1) is 14.0. The summed E-state index contributed by atoms with van der Waals surface area (Å²) in [5.41, 5.74) is 1.71. The van der Waals surface area contributed by atoms with E-state index in [-0.39, 0.29) is 17.5 Å². The molecule has 1 aliphatic heterocycles. The average molecular weight is 402 g/mol. The minimum atomic E-state index is -0.0644. The normalized spacial score (nSPS) is 15.4. The van der Waals surface area contributed by atoms with Gasteiger partial charge in [-0.3, -0.25) is 23.6 Å². The van der Waals surface area contributed by atoms with Crippen molar-refractivity contribution < 1.29 is 9.59 Å². The number of aryl methyl sites for hydroxylation is 2. The molecule has 8 heteroatoms. The third-order valence-corrected chi connectivity index (χ3v) is 5.47. The molecule has 29 heavy (non-hydrogen) atoms. The Kier molecular flexibility index (Phi) is 7.09. The van der Waals surface area contributed by atoms with Crippen LogP contribution in [0.25, 0.3) is 11.0 Å². The molecule has 1 fully saturated rings. The summed E-state index contributed by atoms with van der Waals surface area (Å²) in [4.78, 5) is 41.3. The standard InChI is InChI=1S/C21H31N5O3/c1-3-22-19(27)16-23-11-7-12-24(15-14-23)20(28)10-13-26-18-9-6-5-8-17(18)25(4-2)21(26)29/h5-6,8-9H,3-4,7,10-16H2,1-2H3,(H,22,27). The van der Waals surface area contributed by atoms with Crippen LogP contribution >= 0.6 is 0 Å². The van der Waals surface area contributed by atoms with E-state index in [0.29, 0.717) is 52.2 Å². The second kappa shape index (κ2) is 9.73. The SMILES string of the molecule is CCNC(=O)CN1CCCN(C(=O)CCn2c(=O)n(CC)c3ccccc32)CC1. The zero-order valence-corrected chi connectivity index (χ0v) is 17.4. The van der Waals surface area contributed by atoms with Crippen LogP contribution < -0.4 is 11.0 Å². The Morgan fingerprint density at radius 2 is 1.72 bits per heavy atom. The zero-order valence-electron chi connectivity index (χ0n) is 17.4. The molecule has 1 aromatic carbocycles. The zero-order chi connectivity index (χ0) is 20.8. The number of hydrogen-bond acceptors (Lipinski definition) is 4. The Balaban J connectivity index is 1.60. The van der Waals surface area contributed by atoms with E-state index in [2.05, 4.69) is 10.2 Å². The van der Waals surface area contributed by atoms with Crippen molar-refractivity contribution in [3.05, 3.63) is 34.7 Å². The minimum Gasteiger partial charge on any atom is -0.355 e. The predicted molar refractivity (Wildman–Crippen MR) is 113 cm³/mol. The van der Waals surface area contributed by atoms with E-state index in [1.165, 1.54) is 0 Å². The molecule has 1 N–H and O–H groups in total. The summed E-state index contributed by atoms with van der Waals surface area (Å²) in [5, 5.41) is 2.82. The Morgan fingerprint density at radius 1 is 1.00 bits per heavy atom. The van der Waals surface area contributed by atoms with Gasteiger partial charge in [0.25, 0.3) is 0 Å². The highest BCUT2D eigenvalue weighted by Gasteiger charge is 2.21. The fourth-order valence-electron chi connectivity index (χ4n) is 3.99. The van der Waals surface area contributed by atoms with Gasteiger partial charge in [0.1, 0.15) is 0 Å². The van der Waals surface area contributed by atoms with Crippen molar-refractivity contribution in [1.29, 1.82) is 0 Å². The number of aromatic nitrogens is 2. The summed E-state index contributed by atoms with van der Waals surface area (Å²) in [6.45, 7) is 8.66. The van der Waals surface area contributed by atoms with Crippen molar-refractivity contribution in [1.82, 2.24) is 24.3 Å². The van der Waals surface area contributed by atoms with Gasteiger partial charge in [0.2, 0.25) is 11.8 Å². The van der Waals surface area contributed by atoms with Crippen molar-refractivity contribution in [2.24, 2.45) is 0 Å². The molecule has 2 amide bonds. The highest BCUT2D eigenvalue weighted by molar-refractivity contribution is 5.79. The highest BCUT2D eigenvalue weighted by atomic mass is 16.2. The van der Waals surface area contributed by atoms with E-state index >= 15 is 0 Å². The molecule has 1 saturated heterocycles. The van der Waals surface area contributed by atoms with Crippen LogP contribution in [0.3, 0.4) is 0 Å². The molecule has 1 aromatic heterocycles. The number of nitrogens with one attached hydrogen (secondary N) is 1. The molecule has 0 spiro atoms. The number of nitrogens with zero attached hydrogens (tertiary/aromatic N) is 4. The van der Waals surface area contributed by atoms with Gasteiger partial charge in [0.15, 0.2) is 0 Å². The van der Waals surface area contributed by atoms with Crippen molar-refractivity contribution in [2.45, 2.75) is 39.8 Å². The fourth-order valence-corrected chi connectivity index (χ4v) is 3.99. The average Bonchev–Trinajstić information content (AvgIpc) is 2.84. The van der Waals surface area contributed by atoms with Crippen LogP contribution in [-0.2, 0) is 22.7 Å². The molecule has 0 atom stereocenters. The summed E-state index contributed by atoms with van der Waals surface area (Å²) < 4.78 is 3.45. The number of fused-ring (bicyclic) bond motifs is 1. The lowest BCUT2D eigenvalue weighted by Crippen LogP contribution is -2.40. The molecule has 3 rings (SSSR count). The predicted octanol–water partition coefficient (Wildman–Crippen LogP) is 0.883. The number of amides is 2. The summed E-state index contributed by atoms with van der Waals surface area (Å²) in [7, 11) is 0. The van der Waals surface area contributed by atoms with Crippen LogP contribution in [0, 0.1) is 0 Å². The number of rotatable bonds is 7. The van der Waals surface area contributed by atoms with Crippen molar-refractivity contribution in [2.75, 3.05) is 39.3 Å². The Labute approximate surface area is 171 Å². The molecule has 0 radical (unpaired) electrons. The first-order valence-electron chi connectivity index (χ1n) is 10.5. The highest BCUT2D eigenvalue weighted by Crippen LogP contribution is 2.14. The van der Waals surface area contributed by atoms with Gasteiger partial charge in [-0.05, 0) is 32.4 Å². The summed E-state index contributed by atoms with van der Waals surface area (Å²) in [5.74, 6) is 0.0871. The number of benzene rings is 1. The lowest BCUT2D eigenvalue weighted by molar-refractivity contribution is -0.131. The maximum atomic E-state index is 12.8. The molecule has 158 valence electrons. The molecule has 0 aliphatic carbocycles. The lowest BCUT2D eigenvalue weighted by atomic mass is 10.3.